The molecule has 0 aliphatic heterocycles. The van der Waals surface area contributed by atoms with Gasteiger partial charge in [0, 0.05) is 19.3 Å². The van der Waals surface area contributed by atoms with E-state index in [1.807, 2.05) is 18.2 Å². The van der Waals surface area contributed by atoms with Gasteiger partial charge in [-0.3, -0.25) is 4.98 Å². The smallest absolute Gasteiger partial charge is 0.137 e. The maximum Gasteiger partial charge on any atom is 0.137 e. The Hall–Kier alpha value is -1.46. The molecule has 0 fully saturated rings. The molecule has 1 aromatic heterocycles. The number of hydrogen-bond donors (Lipinski definition) is 1. The lowest BCUT2D eigenvalue weighted by Crippen LogP contribution is -2.21. The number of halogens is 2. The monoisotopic (exact) mass is 324 g/mol. The molecule has 0 aliphatic carbocycles. The molecule has 1 N–H and O–H groups in total. The first-order chi connectivity index (χ1) is 9.25. The van der Waals surface area contributed by atoms with E-state index in [4.69, 9.17) is 4.74 Å². The van der Waals surface area contributed by atoms with Crippen molar-refractivity contribution in [3.05, 3.63) is 58.6 Å². The molecule has 2 rings (SSSR count). The van der Waals surface area contributed by atoms with Crippen LogP contribution in [0.2, 0.25) is 0 Å². The normalized spacial score (nSPS) is 10.4. The highest BCUT2D eigenvalue weighted by molar-refractivity contribution is 9.10. The lowest BCUT2D eigenvalue weighted by molar-refractivity contribution is 0.312. The minimum Gasteiger partial charge on any atom is -0.492 e. The Morgan fingerprint density at radius 3 is 2.89 bits per heavy atom. The highest BCUT2D eigenvalue weighted by atomic mass is 79.9. The average molecular weight is 325 g/mol. The Morgan fingerprint density at radius 2 is 2.16 bits per heavy atom. The standard InChI is InChI=1S/C14H14BrFN2O/c15-13-9-12(4-5-14(13)16)19-8-7-17-10-11-3-1-2-6-18-11/h1-6,9,17H,7-8,10H2. The van der Waals surface area contributed by atoms with Gasteiger partial charge in [-0.05, 0) is 46.3 Å². The number of nitrogens with one attached hydrogen (secondary N) is 1. The highest BCUT2D eigenvalue weighted by Gasteiger charge is 2.00. The predicted octanol–water partition coefficient (Wildman–Crippen LogP) is 3.15. The van der Waals surface area contributed by atoms with Crippen LogP contribution in [0.25, 0.3) is 0 Å². The molecule has 5 heteroatoms. The molecule has 0 aliphatic rings. The van der Waals surface area contributed by atoms with Crippen LogP contribution < -0.4 is 10.1 Å². The van der Waals surface area contributed by atoms with E-state index in [9.17, 15) is 4.39 Å². The molecule has 0 radical (unpaired) electrons. The Morgan fingerprint density at radius 1 is 1.26 bits per heavy atom. The maximum atomic E-state index is 13.0. The molecule has 0 spiro atoms. The van der Waals surface area contributed by atoms with Crippen LogP contribution in [-0.4, -0.2) is 18.1 Å². The lowest BCUT2D eigenvalue weighted by Gasteiger charge is -2.08. The lowest BCUT2D eigenvalue weighted by atomic mass is 10.3. The molecular weight excluding hydrogens is 311 g/mol. The Balaban J connectivity index is 1.68. The highest BCUT2D eigenvalue weighted by Crippen LogP contribution is 2.21. The van der Waals surface area contributed by atoms with Crippen molar-refractivity contribution in [1.82, 2.24) is 10.3 Å². The minimum absolute atomic E-state index is 0.291. The van der Waals surface area contributed by atoms with Crippen LogP contribution in [0, 0.1) is 5.82 Å². The summed E-state index contributed by atoms with van der Waals surface area (Å²) in [6.07, 6.45) is 1.77. The van der Waals surface area contributed by atoms with E-state index >= 15 is 0 Å². The van der Waals surface area contributed by atoms with Crippen LogP contribution in [0.4, 0.5) is 4.39 Å². The summed E-state index contributed by atoms with van der Waals surface area (Å²) in [6, 6.07) is 10.4. The van der Waals surface area contributed by atoms with E-state index in [2.05, 4.69) is 26.2 Å². The van der Waals surface area contributed by atoms with Crippen LogP contribution in [-0.2, 0) is 6.54 Å². The van der Waals surface area contributed by atoms with E-state index in [1.165, 1.54) is 6.07 Å². The molecule has 0 atom stereocenters. The second-order valence-corrected chi connectivity index (χ2v) is 4.78. The average Bonchev–Trinajstić information content (AvgIpc) is 2.43. The van der Waals surface area contributed by atoms with Crippen LogP contribution in [0.15, 0.2) is 47.1 Å². The van der Waals surface area contributed by atoms with Crippen molar-refractivity contribution in [2.24, 2.45) is 0 Å². The summed E-state index contributed by atoms with van der Waals surface area (Å²) in [7, 11) is 0. The number of nitrogens with zero attached hydrogens (tertiary/aromatic N) is 1. The third-order valence-corrected chi connectivity index (χ3v) is 3.08. The fourth-order valence-corrected chi connectivity index (χ4v) is 1.88. The topological polar surface area (TPSA) is 34.1 Å². The maximum absolute atomic E-state index is 13.0. The Kier molecular flexibility index (Phi) is 5.30. The van der Waals surface area contributed by atoms with Gasteiger partial charge in [0.15, 0.2) is 0 Å². The van der Waals surface area contributed by atoms with E-state index in [1.54, 1.807) is 18.3 Å². The fourth-order valence-electron chi connectivity index (χ4n) is 1.53. The van der Waals surface area contributed by atoms with Gasteiger partial charge in [-0.25, -0.2) is 4.39 Å². The fraction of sp³-hybridized carbons (Fsp3) is 0.214. The molecule has 19 heavy (non-hydrogen) atoms. The summed E-state index contributed by atoms with van der Waals surface area (Å²) in [4.78, 5) is 4.20. The number of pyridine rings is 1. The molecule has 0 saturated heterocycles. The van der Waals surface area contributed by atoms with Crippen molar-refractivity contribution in [3.63, 3.8) is 0 Å². The molecular formula is C14H14BrFN2O. The number of hydrogen-bond acceptors (Lipinski definition) is 3. The summed E-state index contributed by atoms with van der Waals surface area (Å²) in [5.41, 5.74) is 0.993. The minimum atomic E-state index is -0.291. The van der Waals surface area contributed by atoms with Crippen LogP contribution >= 0.6 is 15.9 Å². The quantitative estimate of drug-likeness (QED) is 0.829. The van der Waals surface area contributed by atoms with Gasteiger partial charge >= 0.3 is 0 Å². The number of aromatic nitrogens is 1. The van der Waals surface area contributed by atoms with Gasteiger partial charge in [0.25, 0.3) is 0 Å². The van der Waals surface area contributed by atoms with Gasteiger partial charge in [-0.1, -0.05) is 6.07 Å². The zero-order chi connectivity index (χ0) is 13.5. The predicted molar refractivity (Wildman–Crippen MR) is 75.5 cm³/mol. The van der Waals surface area contributed by atoms with Gasteiger partial charge in [0.05, 0.1) is 10.2 Å². The second-order valence-electron chi connectivity index (χ2n) is 3.92. The van der Waals surface area contributed by atoms with Crippen molar-refractivity contribution in [3.8, 4) is 5.75 Å². The first-order valence-electron chi connectivity index (χ1n) is 5.94. The van der Waals surface area contributed by atoms with Gasteiger partial charge in [0.2, 0.25) is 0 Å². The second kappa shape index (κ2) is 7.21. The zero-order valence-electron chi connectivity index (χ0n) is 10.3. The van der Waals surface area contributed by atoms with Crippen molar-refractivity contribution in [2.45, 2.75) is 6.54 Å². The SMILES string of the molecule is Fc1ccc(OCCNCc2ccccn2)cc1Br. The molecule has 2 aromatic rings. The molecule has 1 heterocycles. The van der Waals surface area contributed by atoms with Crippen LogP contribution in [0.3, 0.4) is 0 Å². The van der Waals surface area contributed by atoms with Gasteiger partial charge < -0.3 is 10.1 Å². The summed E-state index contributed by atoms with van der Waals surface area (Å²) >= 11 is 3.12. The summed E-state index contributed by atoms with van der Waals surface area (Å²) in [5, 5.41) is 3.22. The van der Waals surface area contributed by atoms with E-state index in [0.29, 0.717) is 29.9 Å². The van der Waals surface area contributed by atoms with Gasteiger partial charge in [0.1, 0.15) is 18.2 Å². The summed E-state index contributed by atoms with van der Waals surface area (Å²) < 4.78 is 18.9. The van der Waals surface area contributed by atoms with E-state index in [0.717, 1.165) is 5.69 Å². The molecule has 0 bridgehead atoms. The molecule has 0 amide bonds. The third kappa shape index (κ3) is 4.61. The van der Waals surface area contributed by atoms with Crippen molar-refractivity contribution in [2.75, 3.05) is 13.2 Å². The summed E-state index contributed by atoms with van der Waals surface area (Å²) in [5.74, 6) is 0.355. The van der Waals surface area contributed by atoms with Gasteiger partial charge in [-0.15, -0.1) is 0 Å². The molecule has 1 aromatic carbocycles. The molecule has 0 unspecified atom stereocenters. The van der Waals surface area contributed by atoms with Gasteiger partial charge in [-0.2, -0.15) is 0 Å². The molecule has 100 valence electrons. The molecule has 3 nitrogen and oxygen atoms in total. The number of ether oxygens (including phenoxy) is 1. The number of rotatable bonds is 6. The van der Waals surface area contributed by atoms with E-state index < -0.39 is 0 Å². The Labute approximate surface area is 119 Å². The van der Waals surface area contributed by atoms with Crippen LogP contribution in [0.1, 0.15) is 5.69 Å². The first-order valence-corrected chi connectivity index (χ1v) is 6.73. The Bertz CT molecular complexity index is 522. The first kappa shape index (κ1) is 14.0. The van der Waals surface area contributed by atoms with E-state index in [-0.39, 0.29) is 5.82 Å². The third-order valence-electron chi connectivity index (χ3n) is 2.47. The van der Waals surface area contributed by atoms with Crippen LogP contribution in [0.5, 0.6) is 5.75 Å². The number of benzene rings is 1. The largest absolute Gasteiger partial charge is 0.492 e. The molecule has 0 saturated carbocycles. The summed E-state index contributed by atoms with van der Waals surface area (Å²) in [6.45, 7) is 1.92. The van der Waals surface area contributed by atoms with Crippen molar-refractivity contribution < 1.29 is 9.13 Å². The van der Waals surface area contributed by atoms with Crippen molar-refractivity contribution >= 4 is 15.9 Å². The van der Waals surface area contributed by atoms with Crippen molar-refractivity contribution in [1.29, 1.82) is 0 Å². The zero-order valence-corrected chi connectivity index (χ0v) is 11.9.